The Morgan fingerprint density at radius 1 is 1.04 bits per heavy atom. The molecule has 6 rings (SSSR count). The quantitative estimate of drug-likeness (QED) is 0.289. The second-order valence-corrected chi connectivity index (χ2v) is 17.7. The molecule has 1 saturated carbocycles. The number of carbonyl (C=O) groups is 4. The van der Waals surface area contributed by atoms with E-state index in [0.29, 0.717) is 19.5 Å². The number of carbonyl (C=O) groups excluding carboxylic acids is 4. The molecule has 2 fully saturated rings. The average molecular weight is 721 g/mol. The van der Waals surface area contributed by atoms with Crippen LogP contribution in [0.4, 0.5) is 9.59 Å². The van der Waals surface area contributed by atoms with Crippen molar-refractivity contribution in [2.24, 2.45) is 11.3 Å². The lowest BCUT2D eigenvalue weighted by Gasteiger charge is -2.35. The van der Waals surface area contributed by atoms with Crippen LogP contribution in [0.5, 0.6) is 0 Å². The molecular weight excluding hydrogens is 671 g/mol. The topological polar surface area (TPSA) is 155 Å². The van der Waals surface area contributed by atoms with Crippen LogP contribution in [0.1, 0.15) is 76.0 Å². The number of amides is 4. The summed E-state index contributed by atoms with van der Waals surface area (Å²) in [7, 11) is -4.18. The van der Waals surface area contributed by atoms with E-state index in [2.05, 4.69) is 23.3 Å². The summed E-state index contributed by atoms with van der Waals surface area (Å²) in [6, 6.07) is 12.0. The predicted molar refractivity (Wildman–Crippen MR) is 191 cm³/mol. The monoisotopic (exact) mass is 720 g/mol. The third-order valence-corrected chi connectivity index (χ3v) is 13.4. The smallest absolute Gasteiger partial charge is 0.410 e. The van der Waals surface area contributed by atoms with Crippen molar-refractivity contribution in [3.05, 3.63) is 77.9 Å². The Kier molecular flexibility index (Phi) is 10.4. The first-order valence-electron chi connectivity index (χ1n) is 17.9. The van der Waals surface area contributed by atoms with Crippen molar-refractivity contribution in [2.45, 2.75) is 102 Å². The van der Waals surface area contributed by atoms with E-state index in [-0.39, 0.29) is 31.3 Å². The molecule has 2 aromatic rings. The minimum atomic E-state index is -4.18. The summed E-state index contributed by atoms with van der Waals surface area (Å²) in [5.41, 5.74) is 2.59. The number of hydrogen-bond acceptors (Lipinski definition) is 7. The fourth-order valence-electron chi connectivity index (χ4n) is 7.64. The lowest BCUT2D eigenvalue weighted by molar-refractivity contribution is -0.142. The molecule has 1 saturated heterocycles. The standard InChI is InChI=1S/C38H49N4O8P/c1-5-27-21-38(27,51(47,48)29-17-10-8-11-18-29)40-33(43)31-20-28-23-42(31)34(44)32(37(2,3)4)39-35(45)49-19-12-7-6-9-14-25-15-13-16-26-22-41(24-30(25)26)36(46)50-28/h5,8,10-11,13,15-18,27-28,31-32H,1,6-7,9,12,14,19-24H2,2-4H3,(H,39,45)(H,40,43)(H,47,48)/t27-,28-,31+,32-,38+/m1/s1. The van der Waals surface area contributed by atoms with E-state index in [1.165, 1.54) is 10.5 Å². The number of rotatable bonds is 5. The molecule has 1 aliphatic carbocycles. The van der Waals surface area contributed by atoms with Crippen molar-refractivity contribution in [1.82, 2.24) is 20.4 Å². The maximum absolute atomic E-state index is 14.4. The Balaban J connectivity index is 1.29. The zero-order chi connectivity index (χ0) is 36.6. The molecule has 3 N–H and O–H groups in total. The summed E-state index contributed by atoms with van der Waals surface area (Å²) in [6.07, 6.45) is 3.91. The Bertz CT molecular complexity index is 1730. The van der Waals surface area contributed by atoms with Gasteiger partial charge in [-0.15, -0.1) is 6.58 Å². The van der Waals surface area contributed by atoms with Crippen molar-refractivity contribution in [3.8, 4) is 0 Å². The number of nitrogens with one attached hydrogen (secondary N) is 2. The van der Waals surface area contributed by atoms with Gasteiger partial charge in [0.15, 0.2) is 0 Å². The van der Waals surface area contributed by atoms with Crippen LogP contribution in [0.25, 0.3) is 0 Å². The Morgan fingerprint density at radius 2 is 1.76 bits per heavy atom. The molecule has 0 radical (unpaired) electrons. The van der Waals surface area contributed by atoms with Gasteiger partial charge in [0.05, 0.1) is 13.2 Å². The summed E-state index contributed by atoms with van der Waals surface area (Å²) < 4.78 is 25.6. The summed E-state index contributed by atoms with van der Waals surface area (Å²) in [4.78, 5) is 69.8. The van der Waals surface area contributed by atoms with Crippen LogP contribution in [-0.2, 0) is 43.1 Å². The summed E-state index contributed by atoms with van der Waals surface area (Å²) in [5, 5.41) is 4.28. The number of alkyl carbamates (subject to hydrolysis) is 1. The number of fused-ring (bicyclic) bond motifs is 3. The highest BCUT2D eigenvalue weighted by atomic mass is 31.2. The summed E-state index contributed by atoms with van der Waals surface area (Å²) in [6.45, 7) is 10.1. The number of aryl methyl sites for hydroxylation is 1. The minimum absolute atomic E-state index is 0.0352. The molecule has 2 aromatic carbocycles. The molecule has 4 amide bonds. The van der Waals surface area contributed by atoms with E-state index in [9.17, 15) is 28.6 Å². The number of cyclic esters (lactones) is 1. The van der Waals surface area contributed by atoms with E-state index in [0.717, 1.165) is 36.8 Å². The molecule has 6 atom stereocenters. The van der Waals surface area contributed by atoms with Gasteiger partial charge >= 0.3 is 12.2 Å². The predicted octanol–water partition coefficient (Wildman–Crippen LogP) is 4.98. The molecule has 12 nitrogen and oxygen atoms in total. The highest BCUT2D eigenvalue weighted by Gasteiger charge is 2.66. The van der Waals surface area contributed by atoms with E-state index in [4.69, 9.17) is 9.47 Å². The van der Waals surface area contributed by atoms with E-state index in [1.807, 2.05) is 12.1 Å². The summed E-state index contributed by atoms with van der Waals surface area (Å²) in [5.74, 6) is -1.68. The van der Waals surface area contributed by atoms with Crippen LogP contribution in [0.15, 0.2) is 61.2 Å². The van der Waals surface area contributed by atoms with Crippen molar-refractivity contribution < 1.29 is 38.1 Å². The molecule has 274 valence electrons. The zero-order valence-electron chi connectivity index (χ0n) is 29.6. The van der Waals surface area contributed by atoms with Crippen LogP contribution in [0, 0.1) is 11.3 Å². The van der Waals surface area contributed by atoms with Crippen molar-refractivity contribution in [1.29, 1.82) is 0 Å². The van der Waals surface area contributed by atoms with Gasteiger partial charge in [0.2, 0.25) is 11.8 Å². The van der Waals surface area contributed by atoms with Crippen molar-refractivity contribution >= 4 is 36.7 Å². The molecule has 0 aromatic heterocycles. The van der Waals surface area contributed by atoms with Gasteiger partial charge in [-0.05, 0) is 59.9 Å². The second-order valence-electron chi connectivity index (χ2n) is 15.3. The largest absolute Gasteiger partial charge is 0.450 e. The third kappa shape index (κ3) is 7.44. The van der Waals surface area contributed by atoms with Gasteiger partial charge in [0.25, 0.3) is 7.37 Å². The third-order valence-electron chi connectivity index (χ3n) is 10.7. The molecule has 4 aliphatic rings. The van der Waals surface area contributed by atoms with Gasteiger partial charge in [-0.2, -0.15) is 0 Å². The fourth-order valence-corrected chi connectivity index (χ4v) is 9.93. The first-order chi connectivity index (χ1) is 24.2. The Morgan fingerprint density at radius 3 is 2.47 bits per heavy atom. The van der Waals surface area contributed by atoms with E-state index in [1.54, 1.807) is 62.1 Å². The molecular formula is C38H49N4O8P. The normalized spacial score (nSPS) is 28.5. The number of benzene rings is 2. The molecule has 3 aliphatic heterocycles. The maximum atomic E-state index is 14.4. The first kappa shape index (κ1) is 36.6. The first-order valence-corrected chi connectivity index (χ1v) is 19.5. The fraction of sp³-hybridized carbons (Fsp3) is 0.526. The summed E-state index contributed by atoms with van der Waals surface area (Å²) >= 11 is 0. The lowest BCUT2D eigenvalue weighted by Crippen LogP contribution is -2.58. The number of hydrogen-bond donors (Lipinski definition) is 3. The van der Waals surface area contributed by atoms with Crippen LogP contribution in [0.2, 0.25) is 0 Å². The van der Waals surface area contributed by atoms with Gasteiger partial charge < -0.3 is 29.9 Å². The number of nitrogens with zero attached hydrogens (tertiary/aromatic N) is 2. The molecule has 0 spiro atoms. The lowest BCUT2D eigenvalue weighted by atomic mass is 9.85. The number of ether oxygens (including phenoxy) is 2. The van der Waals surface area contributed by atoms with E-state index < -0.39 is 66.2 Å². The van der Waals surface area contributed by atoms with Gasteiger partial charge in [0.1, 0.15) is 23.5 Å². The highest BCUT2D eigenvalue weighted by Crippen LogP contribution is 2.68. The highest BCUT2D eigenvalue weighted by molar-refractivity contribution is 7.68. The van der Waals surface area contributed by atoms with Gasteiger partial charge in [-0.25, -0.2) is 9.59 Å². The molecule has 51 heavy (non-hydrogen) atoms. The maximum Gasteiger partial charge on any atom is 0.410 e. The van der Waals surface area contributed by atoms with Crippen LogP contribution >= 0.6 is 7.37 Å². The SMILES string of the molecule is C=C[C@@H]1C[C@]1(NC(=O)[C@@H]1C[C@@H]2CN1C(=O)[C@H](C(C)(C)C)NC(=O)OCCCCCCc1cccc3c1CN(C3)C(=O)O2)P(=O)(O)c1ccccc1. The van der Waals surface area contributed by atoms with E-state index >= 15 is 0 Å². The second kappa shape index (κ2) is 14.5. The van der Waals surface area contributed by atoms with Crippen molar-refractivity contribution in [3.63, 3.8) is 0 Å². The van der Waals surface area contributed by atoms with Gasteiger partial charge in [-0.3, -0.25) is 19.1 Å². The molecule has 13 heteroatoms. The van der Waals surface area contributed by atoms with Crippen LogP contribution in [-0.4, -0.2) is 75.3 Å². The molecule has 4 bridgehead atoms. The van der Waals surface area contributed by atoms with Gasteiger partial charge in [-0.1, -0.05) is 76.1 Å². The minimum Gasteiger partial charge on any atom is -0.450 e. The average Bonchev–Trinajstić information content (AvgIpc) is 3.41. The van der Waals surface area contributed by atoms with Gasteiger partial charge in [0, 0.05) is 30.7 Å². The molecule has 3 heterocycles. The van der Waals surface area contributed by atoms with Crippen LogP contribution in [0.3, 0.4) is 0 Å². The van der Waals surface area contributed by atoms with Crippen LogP contribution < -0.4 is 15.9 Å². The Hall–Kier alpha value is -4.15. The molecule has 1 unspecified atom stereocenters. The van der Waals surface area contributed by atoms with Crippen molar-refractivity contribution in [2.75, 3.05) is 13.2 Å². The zero-order valence-corrected chi connectivity index (χ0v) is 30.5. The Labute approximate surface area is 299 Å².